The summed E-state index contributed by atoms with van der Waals surface area (Å²) in [5.41, 5.74) is 7.68. The summed E-state index contributed by atoms with van der Waals surface area (Å²) < 4.78 is 5.72. The zero-order chi connectivity index (χ0) is 13.4. The number of morpholine rings is 1. The Bertz CT molecular complexity index is 485. The summed E-state index contributed by atoms with van der Waals surface area (Å²) in [5, 5.41) is 6.94. The van der Waals surface area contributed by atoms with Crippen LogP contribution in [-0.2, 0) is 11.2 Å². The quantitative estimate of drug-likeness (QED) is 0.833. The van der Waals surface area contributed by atoms with E-state index < -0.39 is 0 Å². The third kappa shape index (κ3) is 2.00. The maximum absolute atomic E-state index is 12.6. The van der Waals surface area contributed by atoms with E-state index >= 15 is 0 Å². The lowest BCUT2D eigenvalue weighted by molar-refractivity contribution is -0.0446. The number of anilines is 1. The summed E-state index contributed by atoms with van der Waals surface area (Å²) >= 11 is 0. The van der Waals surface area contributed by atoms with Crippen LogP contribution in [0.5, 0.6) is 0 Å². The van der Waals surface area contributed by atoms with Gasteiger partial charge in [-0.05, 0) is 25.7 Å². The highest BCUT2D eigenvalue weighted by Gasteiger charge is 2.39. The fourth-order valence-electron chi connectivity index (χ4n) is 3.13. The fraction of sp³-hybridized carbons (Fsp3) is 0.692. The molecule has 6 heteroatoms. The minimum absolute atomic E-state index is 0.0614. The Balaban J connectivity index is 1.84. The van der Waals surface area contributed by atoms with Gasteiger partial charge in [0.05, 0.1) is 30.1 Å². The second kappa shape index (κ2) is 4.85. The van der Waals surface area contributed by atoms with Gasteiger partial charge in [-0.2, -0.15) is 5.10 Å². The number of aromatic amines is 1. The highest BCUT2D eigenvalue weighted by Crippen LogP contribution is 2.31. The number of carbonyl (C=O) groups is 1. The van der Waals surface area contributed by atoms with Gasteiger partial charge in [0, 0.05) is 6.54 Å². The monoisotopic (exact) mass is 264 g/mol. The van der Waals surface area contributed by atoms with Gasteiger partial charge in [0.15, 0.2) is 5.69 Å². The molecule has 104 valence electrons. The van der Waals surface area contributed by atoms with E-state index in [0.29, 0.717) is 24.5 Å². The van der Waals surface area contributed by atoms with E-state index in [2.05, 4.69) is 10.2 Å². The lowest BCUT2D eigenvalue weighted by atomic mass is 10.1. The number of nitrogens with zero attached hydrogens (tertiary/aromatic N) is 2. The molecule has 2 unspecified atom stereocenters. The molecule has 19 heavy (non-hydrogen) atoms. The van der Waals surface area contributed by atoms with Crippen molar-refractivity contribution in [2.45, 2.75) is 44.8 Å². The fourth-order valence-corrected chi connectivity index (χ4v) is 3.13. The highest BCUT2D eigenvalue weighted by molar-refractivity contribution is 5.98. The summed E-state index contributed by atoms with van der Waals surface area (Å²) in [6.07, 6.45) is 4.13. The first-order valence-electron chi connectivity index (χ1n) is 6.97. The van der Waals surface area contributed by atoms with Crippen molar-refractivity contribution in [3.63, 3.8) is 0 Å². The molecule has 0 aromatic carbocycles. The molecular formula is C13H20N4O2. The van der Waals surface area contributed by atoms with Gasteiger partial charge in [-0.15, -0.1) is 0 Å². The number of rotatable bonds is 2. The number of nitrogens with two attached hydrogens (primary N) is 1. The number of aryl methyl sites for hydroxylation is 1. The Hall–Kier alpha value is -1.56. The van der Waals surface area contributed by atoms with Crippen molar-refractivity contribution in [3.05, 3.63) is 11.4 Å². The molecule has 1 amide bonds. The van der Waals surface area contributed by atoms with Crippen molar-refractivity contribution in [1.82, 2.24) is 15.1 Å². The molecular weight excluding hydrogens is 244 g/mol. The largest absolute Gasteiger partial charge is 0.395 e. The Morgan fingerprint density at radius 1 is 1.58 bits per heavy atom. The number of aromatic nitrogens is 2. The molecule has 1 aromatic rings. The Morgan fingerprint density at radius 2 is 2.42 bits per heavy atom. The normalized spacial score (nSPS) is 26.5. The van der Waals surface area contributed by atoms with Crippen LogP contribution < -0.4 is 5.73 Å². The molecule has 0 bridgehead atoms. The minimum atomic E-state index is -0.0614. The Labute approximate surface area is 112 Å². The molecule has 1 aliphatic heterocycles. The van der Waals surface area contributed by atoms with Crippen LogP contribution in [0.15, 0.2) is 0 Å². The zero-order valence-electron chi connectivity index (χ0n) is 11.2. The first-order valence-corrected chi connectivity index (χ1v) is 6.97. The van der Waals surface area contributed by atoms with E-state index in [1.165, 1.54) is 0 Å². The van der Waals surface area contributed by atoms with E-state index in [0.717, 1.165) is 31.4 Å². The van der Waals surface area contributed by atoms with E-state index in [9.17, 15) is 4.79 Å². The van der Waals surface area contributed by atoms with Crippen LogP contribution in [0.25, 0.3) is 0 Å². The van der Waals surface area contributed by atoms with Crippen molar-refractivity contribution >= 4 is 11.6 Å². The van der Waals surface area contributed by atoms with Gasteiger partial charge in [-0.3, -0.25) is 9.89 Å². The van der Waals surface area contributed by atoms with Crippen LogP contribution >= 0.6 is 0 Å². The second-order valence-electron chi connectivity index (χ2n) is 5.22. The molecule has 1 saturated carbocycles. The van der Waals surface area contributed by atoms with Crippen LogP contribution in [0.2, 0.25) is 0 Å². The van der Waals surface area contributed by atoms with Crippen LogP contribution in [0.1, 0.15) is 42.4 Å². The van der Waals surface area contributed by atoms with Crippen molar-refractivity contribution in [2.75, 3.05) is 18.9 Å². The summed E-state index contributed by atoms with van der Waals surface area (Å²) in [7, 11) is 0. The first-order chi connectivity index (χ1) is 9.22. The lowest BCUT2D eigenvalue weighted by Gasteiger charge is -2.37. The Kier molecular flexibility index (Phi) is 3.18. The highest BCUT2D eigenvalue weighted by atomic mass is 16.5. The van der Waals surface area contributed by atoms with Gasteiger partial charge in [0.25, 0.3) is 5.91 Å². The van der Waals surface area contributed by atoms with E-state index in [-0.39, 0.29) is 18.1 Å². The van der Waals surface area contributed by atoms with Gasteiger partial charge in [-0.1, -0.05) is 6.92 Å². The van der Waals surface area contributed by atoms with Crippen LogP contribution in [0.3, 0.4) is 0 Å². The summed E-state index contributed by atoms with van der Waals surface area (Å²) in [5.74, 6) is -0.0614. The molecule has 2 fully saturated rings. The number of nitrogens with one attached hydrogen (secondary N) is 1. The van der Waals surface area contributed by atoms with Gasteiger partial charge in [0.1, 0.15) is 0 Å². The first kappa shape index (κ1) is 12.5. The number of ether oxygens (including phenoxy) is 1. The predicted molar refractivity (Wildman–Crippen MR) is 70.8 cm³/mol. The van der Waals surface area contributed by atoms with E-state index in [1.54, 1.807) is 0 Å². The van der Waals surface area contributed by atoms with Gasteiger partial charge in [-0.25, -0.2) is 0 Å². The average molecular weight is 264 g/mol. The molecule has 3 N–H and O–H groups in total. The molecule has 1 saturated heterocycles. The van der Waals surface area contributed by atoms with Crippen molar-refractivity contribution in [3.8, 4) is 0 Å². The van der Waals surface area contributed by atoms with Crippen molar-refractivity contribution in [1.29, 1.82) is 0 Å². The molecule has 0 radical (unpaired) electrons. The summed E-state index contributed by atoms with van der Waals surface area (Å²) in [6, 6.07) is 0.197. The maximum Gasteiger partial charge on any atom is 0.276 e. The summed E-state index contributed by atoms with van der Waals surface area (Å²) in [4.78, 5) is 14.5. The topological polar surface area (TPSA) is 84.2 Å². The maximum atomic E-state index is 12.6. The number of nitrogen functional groups attached to an aromatic ring is 1. The Morgan fingerprint density at radius 3 is 3.16 bits per heavy atom. The molecule has 0 spiro atoms. The van der Waals surface area contributed by atoms with Crippen LogP contribution in [-0.4, -0.2) is 46.3 Å². The average Bonchev–Trinajstić information content (AvgIpc) is 3.03. The molecule has 1 aliphatic carbocycles. The van der Waals surface area contributed by atoms with Gasteiger partial charge in [0.2, 0.25) is 0 Å². The SMILES string of the molecule is CCc1[nH]nc(C(=O)N2CCOC3CCCC32)c1N. The van der Waals surface area contributed by atoms with Crippen molar-refractivity contribution in [2.24, 2.45) is 0 Å². The molecule has 2 heterocycles. The standard InChI is InChI=1S/C13H20N4O2/c1-2-8-11(14)12(16-15-8)13(18)17-6-7-19-10-5-3-4-9(10)17/h9-10H,2-7,14H2,1H3,(H,15,16). The molecule has 2 atom stereocenters. The minimum Gasteiger partial charge on any atom is -0.395 e. The number of amides is 1. The van der Waals surface area contributed by atoms with Crippen LogP contribution in [0.4, 0.5) is 5.69 Å². The number of fused-ring (bicyclic) bond motifs is 1. The second-order valence-corrected chi connectivity index (χ2v) is 5.22. The van der Waals surface area contributed by atoms with Gasteiger partial charge < -0.3 is 15.4 Å². The number of H-pyrrole nitrogens is 1. The van der Waals surface area contributed by atoms with E-state index in [1.807, 2.05) is 11.8 Å². The molecule has 1 aromatic heterocycles. The van der Waals surface area contributed by atoms with Crippen LogP contribution in [0, 0.1) is 0 Å². The van der Waals surface area contributed by atoms with Gasteiger partial charge >= 0.3 is 0 Å². The third-order valence-electron chi connectivity index (χ3n) is 4.18. The number of hydrogen-bond acceptors (Lipinski definition) is 4. The smallest absolute Gasteiger partial charge is 0.276 e. The molecule has 2 aliphatic rings. The molecule has 6 nitrogen and oxygen atoms in total. The zero-order valence-corrected chi connectivity index (χ0v) is 11.2. The number of hydrogen-bond donors (Lipinski definition) is 2. The van der Waals surface area contributed by atoms with Crippen molar-refractivity contribution < 1.29 is 9.53 Å². The summed E-state index contributed by atoms with van der Waals surface area (Å²) in [6.45, 7) is 3.23. The lowest BCUT2D eigenvalue weighted by Crippen LogP contribution is -2.51. The third-order valence-corrected chi connectivity index (χ3v) is 4.18. The number of carbonyl (C=O) groups excluding carboxylic acids is 1. The molecule has 3 rings (SSSR count). The predicted octanol–water partition coefficient (Wildman–Crippen LogP) is 0.948. The van der Waals surface area contributed by atoms with E-state index in [4.69, 9.17) is 10.5 Å².